The van der Waals surface area contributed by atoms with Crippen molar-refractivity contribution < 1.29 is 18.3 Å². The van der Waals surface area contributed by atoms with Gasteiger partial charge in [0.25, 0.3) is 0 Å². The molecule has 2 heterocycles. The zero-order chi connectivity index (χ0) is 24.2. The first-order valence-electron chi connectivity index (χ1n) is 11.4. The smallest absolute Gasteiger partial charge is 0.328 e. The monoisotopic (exact) mass is 499 g/mol. The third-order valence-electron chi connectivity index (χ3n) is 6.97. The lowest BCUT2D eigenvalue weighted by Crippen LogP contribution is -2.43. The number of benzene rings is 3. The lowest BCUT2D eigenvalue weighted by molar-refractivity contribution is -0.131. The van der Waals surface area contributed by atoms with E-state index in [0.29, 0.717) is 11.3 Å². The Kier molecular flexibility index (Phi) is 5.20. The van der Waals surface area contributed by atoms with Crippen LogP contribution in [0.15, 0.2) is 83.2 Å². The molecule has 1 N–H and O–H groups in total. The molecule has 0 spiro atoms. The Morgan fingerprint density at radius 3 is 2.51 bits per heavy atom. The molecule has 2 aliphatic rings. The second kappa shape index (κ2) is 8.29. The molecule has 3 aromatic carbocycles. The molecule has 35 heavy (non-hydrogen) atoms. The number of aromatic nitrogens is 1. The normalized spacial score (nSPS) is 21.8. The molecule has 0 bridgehead atoms. The summed E-state index contributed by atoms with van der Waals surface area (Å²) in [6, 6.07) is 21.3. The summed E-state index contributed by atoms with van der Waals surface area (Å²) in [6.45, 7) is 0. The number of sulfone groups is 1. The number of carboxylic acid groups (broad SMARTS) is 1. The zero-order valence-electron chi connectivity index (χ0n) is 18.6. The third-order valence-corrected chi connectivity index (χ3v) is 10.1. The lowest BCUT2D eigenvalue weighted by Gasteiger charge is -2.43. The van der Waals surface area contributed by atoms with Gasteiger partial charge in [0.15, 0.2) is 9.84 Å². The Hall–Kier alpha value is -3.55. The molecule has 0 saturated heterocycles. The maximum atomic E-state index is 13.3. The first kappa shape index (κ1) is 21.9. The van der Waals surface area contributed by atoms with Crippen molar-refractivity contribution in [1.29, 1.82) is 0 Å². The number of rotatable bonds is 4. The van der Waals surface area contributed by atoms with E-state index in [4.69, 9.17) is 5.11 Å². The van der Waals surface area contributed by atoms with Crippen LogP contribution in [0.2, 0.25) is 0 Å². The van der Waals surface area contributed by atoms with Gasteiger partial charge in [-0.05, 0) is 70.5 Å². The Labute approximate surface area is 207 Å². The summed E-state index contributed by atoms with van der Waals surface area (Å²) < 4.78 is 27.8. The number of aliphatic carboxylic acids is 1. The van der Waals surface area contributed by atoms with Crippen LogP contribution in [0.3, 0.4) is 0 Å². The fraction of sp³-hybridized carbons (Fsp3) is 0.143. The highest BCUT2D eigenvalue weighted by atomic mass is 32.2. The van der Waals surface area contributed by atoms with Gasteiger partial charge in [-0.15, -0.1) is 11.3 Å². The molecule has 5 nitrogen and oxygen atoms in total. The summed E-state index contributed by atoms with van der Waals surface area (Å²) in [5, 5.41) is 8.55. The van der Waals surface area contributed by atoms with Crippen LogP contribution in [0, 0.1) is 5.92 Å². The van der Waals surface area contributed by atoms with Gasteiger partial charge in [-0.2, -0.15) is 0 Å². The summed E-state index contributed by atoms with van der Waals surface area (Å²) in [5.74, 6) is -1.06. The molecule has 2 unspecified atom stereocenters. The molecule has 2 atom stereocenters. The third kappa shape index (κ3) is 3.63. The summed E-state index contributed by atoms with van der Waals surface area (Å²) in [5.41, 5.74) is 8.32. The van der Waals surface area contributed by atoms with Crippen molar-refractivity contribution in [2.24, 2.45) is 5.92 Å². The molecule has 4 aromatic rings. The van der Waals surface area contributed by atoms with Gasteiger partial charge < -0.3 is 5.11 Å². The van der Waals surface area contributed by atoms with Crippen molar-refractivity contribution in [3.05, 3.63) is 101 Å². The molecule has 6 rings (SSSR count). The maximum absolute atomic E-state index is 13.3. The summed E-state index contributed by atoms with van der Waals surface area (Å²) >= 11 is 1.59. The van der Waals surface area contributed by atoms with E-state index in [1.54, 1.807) is 29.5 Å². The van der Waals surface area contributed by atoms with Gasteiger partial charge in [0, 0.05) is 12.0 Å². The standard InChI is InChI=1S/C28H21NO4S2/c30-26(31)14-7-17-5-8-18(9-6-17)27(19-10-12-23-22(15-19)29-16-34-23)28-20-3-1-2-4-24(20)35(32,33)25-13-11-21(25)28/h1-10,12,14-16,21,25H,11,13H2,(H,30,31). The van der Waals surface area contributed by atoms with Crippen LogP contribution in [0.4, 0.5) is 0 Å². The van der Waals surface area contributed by atoms with Gasteiger partial charge in [0.05, 0.1) is 25.9 Å². The first-order chi connectivity index (χ1) is 16.9. The molecule has 7 heteroatoms. The summed E-state index contributed by atoms with van der Waals surface area (Å²) in [4.78, 5) is 15.8. The highest BCUT2D eigenvalue weighted by molar-refractivity contribution is 7.92. The van der Waals surface area contributed by atoms with Crippen LogP contribution >= 0.6 is 11.3 Å². The van der Waals surface area contributed by atoms with Crippen molar-refractivity contribution in [3.63, 3.8) is 0 Å². The molecular weight excluding hydrogens is 478 g/mol. The quantitative estimate of drug-likeness (QED) is 0.353. The summed E-state index contributed by atoms with van der Waals surface area (Å²) in [6.07, 6.45) is 4.17. The van der Waals surface area contributed by atoms with E-state index in [2.05, 4.69) is 23.2 Å². The van der Waals surface area contributed by atoms with Gasteiger partial charge in [-0.1, -0.05) is 48.5 Å². The molecule has 0 radical (unpaired) electrons. The minimum atomic E-state index is -3.37. The van der Waals surface area contributed by atoms with Crippen LogP contribution in [0.25, 0.3) is 27.4 Å². The van der Waals surface area contributed by atoms with E-state index in [0.717, 1.165) is 56.1 Å². The van der Waals surface area contributed by atoms with Gasteiger partial charge in [-0.3, -0.25) is 0 Å². The number of allylic oxidation sites excluding steroid dienone is 1. The van der Waals surface area contributed by atoms with Crippen molar-refractivity contribution in [3.8, 4) is 0 Å². The van der Waals surface area contributed by atoms with Crippen LogP contribution < -0.4 is 0 Å². The van der Waals surface area contributed by atoms with Crippen LogP contribution in [-0.2, 0) is 14.6 Å². The van der Waals surface area contributed by atoms with Gasteiger partial charge in [-0.25, -0.2) is 18.2 Å². The zero-order valence-corrected chi connectivity index (χ0v) is 20.2. The molecule has 1 aromatic heterocycles. The largest absolute Gasteiger partial charge is 0.478 e. The van der Waals surface area contributed by atoms with E-state index >= 15 is 0 Å². The van der Waals surface area contributed by atoms with Crippen molar-refractivity contribution in [1.82, 2.24) is 4.98 Å². The number of carbonyl (C=O) groups is 1. The molecule has 174 valence electrons. The topological polar surface area (TPSA) is 84.3 Å². The first-order valence-corrected chi connectivity index (χ1v) is 13.8. The fourth-order valence-corrected chi connectivity index (χ4v) is 8.10. The van der Waals surface area contributed by atoms with E-state index in [1.165, 1.54) is 0 Å². The second-order valence-electron chi connectivity index (χ2n) is 8.88. The van der Waals surface area contributed by atoms with E-state index in [1.807, 2.05) is 41.9 Å². The van der Waals surface area contributed by atoms with Crippen LogP contribution in [0.5, 0.6) is 0 Å². The number of fused-ring (bicyclic) bond motifs is 3. The van der Waals surface area contributed by atoms with E-state index < -0.39 is 21.1 Å². The van der Waals surface area contributed by atoms with E-state index in [-0.39, 0.29) is 5.92 Å². The molecule has 1 saturated carbocycles. The Bertz CT molecular complexity index is 1650. The highest BCUT2D eigenvalue weighted by Gasteiger charge is 2.49. The predicted molar refractivity (Wildman–Crippen MR) is 139 cm³/mol. The van der Waals surface area contributed by atoms with Crippen molar-refractivity contribution in [2.45, 2.75) is 23.0 Å². The van der Waals surface area contributed by atoms with Gasteiger partial charge in [0.2, 0.25) is 0 Å². The minimum Gasteiger partial charge on any atom is -0.478 e. The van der Waals surface area contributed by atoms with Crippen molar-refractivity contribution >= 4 is 54.6 Å². The number of nitrogens with zero attached hydrogens (tertiary/aromatic N) is 1. The predicted octanol–water partition coefficient (Wildman–Crippen LogP) is 5.92. The number of hydrogen-bond donors (Lipinski definition) is 1. The molecule has 1 aliphatic carbocycles. The molecule has 1 aliphatic heterocycles. The van der Waals surface area contributed by atoms with E-state index in [9.17, 15) is 13.2 Å². The van der Waals surface area contributed by atoms with Gasteiger partial charge in [0.1, 0.15) is 0 Å². The summed E-state index contributed by atoms with van der Waals surface area (Å²) in [7, 11) is -3.37. The number of hydrogen-bond acceptors (Lipinski definition) is 5. The van der Waals surface area contributed by atoms with Crippen LogP contribution in [0.1, 0.15) is 35.1 Å². The Morgan fingerprint density at radius 1 is 1.00 bits per heavy atom. The average molecular weight is 500 g/mol. The molecular formula is C28H21NO4S2. The van der Waals surface area contributed by atoms with Gasteiger partial charge >= 0.3 is 5.97 Å². The SMILES string of the molecule is O=C(O)C=Cc1ccc(C(=C2c3ccccc3S(=O)(=O)C3CCC23)c2ccc3scnc3c2)cc1. The average Bonchev–Trinajstić information content (AvgIpc) is 3.29. The molecule has 1 fully saturated rings. The lowest BCUT2D eigenvalue weighted by atomic mass is 9.72. The highest BCUT2D eigenvalue weighted by Crippen LogP contribution is 2.54. The Morgan fingerprint density at radius 2 is 1.77 bits per heavy atom. The number of thiazole rings is 1. The molecule has 0 amide bonds. The number of carboxylic acids is 1. The van der Waals surface area contributed by atoms with Crippen LogP contribution in [-0.4, -0.2) is 29.7 Å². The van der Waals surface area contributed by atoms with Crippen molar-refractivity contribution in [2.75, 3.05) is 0 Å². The minimum absolute atomic E-state index is 0.0670. The maximum Gasteiger partial charge on any atom is 0.328 e. The second-order valence-corrected chi connectivity index (χ2v) is 11.9. The fourth-order valence-electron chi connectivity index (χ4n) is 5.21. The Balaban J connectivity index is 1.63.